The lowest BCUT2D eigenvalue weighted by Crippen LogP contribution is -2.14. The highest BCUT2D eigenvalue weighted by atomic mass is 32.2. The van der Waals surface area contributed by atoms with Crippen LogP contribution in [0.15, 0.2) is 44.3 Å². The predicted octanol–water partition coefficient (Wildman–Crippen LogP) is 2.20. The van der Waals surface area contributed by atoms with Gasteiger partial charge in [0.25, 0.3) is 5.22 Å². The molecule has 1 aromatic heterocycles. The van der Waals surface area contributed by atoms with Gasteiger partial charge in [0.2, 0.25) is 0 Å². The Bertz CT molecular complexity index is 564. The number of oxime groups is 1. The van der Waals surface area contributed by atoms with E-state index < -0.39 is 11.6 Å². The molecule has 0 radical (unpaired) electrons. The fourth-order valence-electron chi connectivity index (χ4n) is 1.21. The maximum atomic E-state index is 13.7. The zero-order valence-corrected chi connectivity index (χ0v) is 9.62. The summed E-state index contributed by atoms with van der Waals surface area (Å²) < 4.78 is 32.2. The Morgan fingerprint density at radius 1 is 1.39 bits per heavy atom. The Morgan fingerprint density at radius 2 is 2.06 bits per heavy atom. The molecule has 8 heteroatoms. The predicted molar refractivity (Wildman–Crippen MR) is 59.5 cm³/mol. The molecule has 0 spiro atoms. The fraction of sp³-hybridized carbons (Fsp3) is 0. The van der Waals surface area contributed by atoms with Gasteiger partial charge < -0.3 is 15.4 Å². The molecule has 0 saturated carbocycles. The van der Waals surface area contributed by atoms with E-state index in [-0.39, 0.29) is 21.5 Å². The van der Waals surface area contributed by atoms with Crippen LogP contribution in [-0.2, 0) is 0 Å². The van der Waals surface area contributed by atoms with Crippen LogP contribution in [0.2, 0.25) is 0 Å². The first-order valence-electron chi connectivity index (χ1n) is 4.66. The number of hydrogen-bond donors (Lipinski definition) is 2. The van der Waals surface area contributed by atoms with Gasteiger partial charge in [-0.15, -0.1) is 0 Å². The van der Waals surface area contributed by atoms with Crippen molar-refractivity contribution in [1.82, 2.24) is 4.98 Å². The Hall–Kier alpha value is -2.09. The Morgan fingerprint density at radius 3 is 2.56 bits per heavy atom. The number of nitrogens with two attached hydrogens (primary N) is 1. The van der Waals surface area contributed by atoms with Crippen LogP contribution in [0, 0.1) is 11.6 Å². The van der Waals surface area contributed by atoms with Gasteiger partial charge in [-0.1, -0.05) is 5.16 Å². The van der Waals surface area contributed by atoms with Crippen molar-refractivity contribution in [3.8, 4) is 0 Å². The lowest BCUT2D eigenvalue weighted by molar-refractivity contribution is 0.318. The zero-order chi connectivity index (χ0) is 13.1. The molecule has 5 nitrogen and oxygen atoms in total. The van der Waals surface area contributed by atoms with E-state index in [0.29, 0.717) is 11.8 Å². The van der Waals surface area contributed by atoms with Crippen molar-refractivity contribution in [2.45, 2.75) is 10.1 Å². The third kappa shape index (κ3) is 2.43. The van der Waals surface area contributed by atoms with Gasteiger partial charge in [0.15, 0.2) is 5.84 Å². The molecule has 1 heterocycles. The van der Waals surface area contributed by atoms with E-state index in [0.717, 1.165) is 12.1 Å². The summed E-state index contributed by atoms with van der Waals surface area (Å²) in [6.07, 6.45) is 2.66. The van der Waals surface area contributed by atoms with Crippen molar-refractivity contribution >= 4 is 17.6 Å². The molecule has 1 aromatic carbocycles. The van der Waals surface area contributed by atoms with E-state index in [1.54, 1.807) is 0 Å². The molecule has 0 aliphatic carbocycles. The number of nitrogens with zero attached hydrogens (tertiary/aromatic N) is 2. The number of amidine groups is 1. The van der Waals surface area contributed by atoms with Crippen LogP contribution in [-0.4, -0.2) is 16.0 Å². The molecule has 0 atom stereocenters. The van der Waals surface area contributed by atoms with Crippen molar-refractivity contribution in [3.63, 3.8) is 0 Å². The average Bonchev–Trinajstić information content (AvgIpc) is 2.85. The third-order valence-electron chi connectivity index (χ3n) is 2.00. The molecule has 2 aromatic rings. The molecule has 0 amide bonds. The molecule has 0 bridgehead atoms. The fourth-order valence-corrected chi connectivity index (χ4v) is 1.92. The monoisotopic (exact) mass is 271 g/mol. The second-order valence-corrected chi connectivity index (χ2v) is 4.12. The van der Waals surface area contributed by atoms with E-state index in [9.17, 15) is 8.78 Å². The standard InChI is InChI=1S/C10H7F2N3O2S/c11-6-3-5(9(13)15-16)4-7(12)8(6)18-10-14-1-2-17-10/h1-4,16H,(H2,13,15). The smallest absolute Gasteiger partial charge is 0.260 e. The summed E-state index contributed by atoms with van der Waals surface area (Å²) in [5.41, 5.74) is 5.20. The summed E-state index contributed by atoms with van der Waals surface area (Å²) in [5.74, 6) is -2.07. The SMILES string of the molecule is N/C(=N/O)c1cc(F)c(Sc2ncco2)c(F)c1. The van der Waals surface area contributed by atoms with E-state index in [1.807, 2.05) is 0 Å². The van der Waals surface area contributed by atoms with Crippen molar-refractivity contribution in [1.29, 1.82) is 0 Å². The van der Waals surface area contributed by atoms with Crippen LogP contribution in [0.4, 0.5) is 8.78 Å². The summed E-state index contributed by atoms with van der Waals surface area (Å²) in [4.78, 5) is 3.47. The Balaban J connectivity index is 2.38. The maximum Gasteiger partial charge on any atom is 0.260 e. The molecule has 18 heavy (non-hydrogen) atoms. The van der Waals surface area contributed by atoms with Gasteiger partial charge in [-0.2, -0.15) is 0 Å². The Labute approximate surface area is 104 Å². The second-order valence-electron chi connectivity index (χ2n) is 3.15. The molecule has 2 rings (SSSR count). The minimum Gasteiger partial charge on any atom is -0.440 e. The number of benzene rings is 1. The minimum atomic E-state index is -0.847. The normalized spacial score (nSPS) is 11.8. The van der Waals surface area contributed by atoms with Gasteiger partial charge in [-0.25, -0.2) is 13.8 Å². The zero-order valence-electron chi connectivity index (χ0n) is 8.80. The Kier molecular flexibility index (Phi) is 3.47. The molecule has 0 aliphatic rings. The average molecular weight is 271 g/mol. The topological polar surface area (TPSA) is 84.6 Å². The molecular formula is C10H7F2N3O2S. The van der Waals surface area contributed by atoms with Gasteiger partial charge in [0.05, 0.1) is 11.1 Å². The summed E-state index contributed by atoms with van der Waals surface area (Å²) in [7, 11) is 0. The summed E-state index contributed by atoms with van der Waals surface area (Å²) in [6.45, 7) is 0. The second kappa shape index (κ2) is 5.05. The van der Waals surface area contributed by atoms with E-state index in [4.69, 9.17) is 15.4 Å². The van der Waals surface area contributed by atoms with Crippen molar-refractivity contribution in [2.75, 3.05) is 0 Å². The summed E-state index contributed by atoms with van der Waals surface area (Å²) >= 11 is 0.705. The number of rotatable bonds is 3. The van der Waals surface area contributed by atoms with Crippen LogP contribution in [0.3, 0.4) is 0 Å². The minimum absolute atomic E-state index is 0.0516. The highest BCUT2D eigenvalue weighted by Crippen LogP contribution is 2.31. The molecule has 0 unspecified atom stereocenters. The first-order valence-corrected chi connectivity index (χ1v) is 5.47. The number of hydrogen-bond acceptors (Lipinski definition) is 5. The molecule has 0 saturated heterocycles. The van der Waals surface area contributed by atoms with Gasteiger partial charge in [-0.3, -0.25) is 0 Å². The molecule has 0 aliphatic heterocycles. The number of aromatic nitrogens is 1. The quantitative estimate of drug-likeness (QED) is 0.387. The first-order chi connectivity index (χ1) is 8.61. The van der Waals surface area contributed by atoms with Crippen molar-refractivity contribution < 1.29 is 18.4 Å². The van der Waals surface area contributed by atoms with Crippen LogP contribution in [0.1, 0.15) is 5.56 Å². The highest BCUT2D eigenvalue weighted by molar-refractivity contribution is 7.99. The van der Waals surface area contributed by atoms with Crippen LogP contribution in [0.5, 0.6) is 0 Å². The van der Waals surface area contributed by atoms with Crippen LogP contribution >= 0.6 is 11.8 Å². The van der Waals surface area contributed by atoms with Crippen LogP contribution < -0.4 is 5.73 Å². The van der Waals surface area contributed by atoms with E-state index in [2.05, 4.69) is 10.1 Å². The third-order valence-corrected chi connectivity index (χ3v) is 2.97. The molecule has 3 N–H and O–H groups in total. The van der Waals surface area contributed by atoms with Gasteiger partial charge in [0.1, 0.15) is 17.9 Å². The van der Waals surface area contributed by atoms with E-state index >= 15 is 0 Å². The summed E-state index contributed by atoms with van der Waals surface area (Å²) in [6, 6.07) is 1.92. The molecule has 0 fully saturated rings. The largest absolute Gasteiger partial charge is 0.440 e. The van der Waals surface area contributed by atoms with Gasteiger partial charge in [0, 0.05) is 5.56 Å². The van der Waals surface area contributed by atoms with Crippen molar-refractivity contribution in [3.05, 3.63) is 41.8 Å². The lowest BCUT2D eigenvalue weighted by Gasteiger charge is -2.05. The van der Waals surface area contributed by atoms with Gasteiger partial charge in [-0.05, 0) is 23.9 Å². The number of oxazole rings is 1. The van der Waals surface area contributed by atoms with Gasteiger partial charge >= 0.3 is 0 Å². The van der Waals surface area contributed by atoms with E-state index in [1.165, 1.54) is 12.5 Å². The number of halogens is 2. The lowest BCUT2D eigenvalue weighted by atomic mass is 10.2. The summed E-state index contributed by atoms with van der Waals surface area (Å²) in [5, 5.41) is 11.2. The molecular weight excluding hydrogens is 264 g/mol. The van der Waals surface area contributed by atoms with Crippen LogP contribution in [0.25, 0.3) is 0 Å². The maximum absolute atomic E-state index is 13.7. The molecule has 94 valence electrons. The first kappa shape index (κ1) is 12.4. The highest BCUT2D eigenvalue weighted by Gasteiger charge is 2.16. The van der Waals surface area contributed by atoms with Crippen molar-refractivity contribution in [2.24, 2.45) is 10.9 Å².